The predicted molar refractivity (Wildman–Crippen MR) is 79.9 cm³/mol. The lowest BCUT2D eigenvalue weighted by molar-refractivity contribution is 0.394. The van der Waals surface area contributed by atoms with Crippen LogP contribution in [0.15, 0.2) is 4.90 Å². The standard InChI is InChI=1S/C16H24OS/c1-6-7-16(5)8-9-18-15-11(3)10(2)14(17)12(4)13(15)16/h17H,6-9H2,1-5H3. The summed E-state index contributed by atoms with van der Waals surface area (Å²) in [5.41, 5.74) is 5.10. The molecule has 1 nitrogen and oxygen atoms in total. The first-order valence-corrected chi connectivity index (χ1v) is 7.87. The van der Waals surface area contributed by atoms with Crippen molar-refractivity contribution in [3.8, 4) is 5.75 Å². The third-order valence-corrected chi connectivity index (χ3v) is 5.73. The van der Waals surface area contributed by atoms with Gasteiger partial charge in [-0.15, -0.1) is 11.8 Å². The van der Waals surface area contributed by atoms with Gasteiger partial charge >= 0.3 is 0 Å². The van der Waals surface area contributed by atoms with Gasteiger partial charge in [-0.05, 0) is 67.0 Å². The summed E-state index contributed by atoms with van der Waals surface area (Å²) >= 11 is 1.97. The van der Waals surface area contributed by atoms with Gasteiger partial charge in [-0.25, -0.2) is 0 Å². The molecule has 0 amide bonds. The van der Waals surface area contributed by atoms with Gasteiger partial charge in [0.2, 0.25) is 0 Å². The van der Waals surface area contributed by atoms with Crippen LogP contribution >= 0.6 is 11.8 Å². The lowest BCUT2D eigenvalue weighted by Gasteiger charge is -2.38. The SMILES string of the molecule is CCCC1(C)CCSc2c(C)c(C)c(O)c(C)c21. The maximum absolute atomic E-state index is 10.3. The molecule has 0 saturated heterocycles. The van der Waals surface area contributed by atoms with Crippen molar-refractivity contribution < 1.29 is 5.11 Å². The maximum Gasteiger partial charge on any atom is 0.122 e. The molecule has 1 aromatic carbocycles. The Balaban J connectivity index is 2.71. The number of phenols is 1. The molecule has 0 radical (unpaired) electrons. The first-order valence-electron chi connectivity index (χ1n) is 6.88. The fourth-order valence-electron chi connectivity index (χ4n) is 3.32. The van der Waals surface area contributed by atoms with Crippen molar-refractivity contribution >= 4 is 11.8 Å². The zero-order valence-electron chi connectivity index (χ0n) is 12.2. The molecular formula is C16H24OS. The Morgan fingerprint density at radius 3 is 2.44 bits per heavy atom. The van der Waals surface area contributed by atoms with Gasteiger partial charge in [-0.3, -0.25) is 0 Å². The van der Waals surface area contributed by atoms with Crippen molar-refractivity contribution in [2.45, 2.75) is 64.2 Å². The second-order valence-corrected chi connectivity index (χ2v) is 6.94. The topological polar surface area (TPSA) is 20.2 Å². The molecule has 0 aromatic heterocycles. The molecule has 1 heterocycles. The lowest BCUT2D eigenvalue weighted by atomic mass is 9.73. The summed E-state index contributed by atoms with van der Waals surface area (Å²) in [5, 5.41) is 10.3. The zero-order valence-corrected chi connectivity index (χ0v) is 13.0. The third-order valence-electron chi connectivity index (χ3n) is 4.52. The van der Waals surface area contributed by atoms with Gasteiger partial charge < -0.3 is 5.11 Å². The van der Waals surface area contributed by atoms with Crippen LogP contribution in [-0.2, 0) is 5.41 Å². The van der Waals surface area contributed by atoms with Crippen LogP contribution in [0, 0.1) is 20.8 Å². The fourth-order valence-corrected chi connectivity index (χ4v) is 4.99. The molecule has 1 N–H and O–H groups in total. The second-order valence-electron chi connectivity index (χ2n) is 5.84. The second kappa shape index (κ2) is 4.80. The molecule has 1 aromatic rings. The van der Waals surface area contributed by atoms with Gasteiger partial charge in [0.15, 0.2) is 0 Å². The van der Waals surface area contributed by atoms with E-state index in [0.717, 1.165) is 11.1 Å². The highest BCUT2D eigenvalue weighted by molar-refractivity contribution is 7.99. The number of thioether (sulfide) groups is 1. The number of hydrogen-bond donors (Lipinski definition) is 1. The molecule has 0 fully saturated rings. The van der Waals surface area contributed by atoms with Crippen LogP contribution in [0.3, 0.4) is 0 Å². The molecule has 0 saturated carbocycles. The minimum atomic E-state index is 0.245. The van der Waals surface area contributed by atoms with Gasteiger partial charge in [0.05, 0.1) is 0 Å². The first-order chi connectivity index (χ1) is 8.42. The molecule has 2 heteroatoms. The van der Waals surface area contributed by atoms with Crippen LogP contribution in [-0.4, -0.2) is 10.9 Å². The third kappa shape index (κ3) is 1.95. The number of rotatable bonds is 2. The van der Waals surface area contributed by atoms with Crippen molar-refractivity contribution in [1.82, 2.24) is 0 Å². The highest BCUT2D eigenvalue weighted by Gasteiger charge is 2.35. The monoisotopic (exact) mass is 264 g/mol. The molecule has 0 spiro atoms. The summed E-state index contributed by atoms with van der Waals surface area (Å²) < 4.78 is 0. The van der Waals surface area contributed by atoms with E-state index in [1.807, 2.05) is 18.7 Å². The largest absolute Gasteiger partial charge is 0.507 e. The van der Waals surface area contributed by atoms with E-state index in [1.54, 1.807) is 0 Å². The van der Waals surface area contributed by atoms with Crippen molar-refractivity contribution in [1.29, 1.82) is 0 Å². The van der Waals surface area contributed by atoms with Crippen molar-refractivity contribution in [2.24, 2.45) is 0 Å². The molecular weight excluding hydrogens is 240 g/mol. The van der Waals surface area contributed by atoms with E-state index in [-0.39, 0.29) is 5.41 Å². The minimum Gasteiger partial charge on any atom is -0.507 e. The van der Waals surface area contributed by atoms with Gasteiger partial charge in [0.25, 0.3) is 0 Å². The van der Waals surface area contributed by atoms with Crippen LogP contribution < -0.4 is 0 Å². The average molecular weight is 264 g/mol. The molecule has 1 aliphatic heterocycles. The molecule has 18 heavy (non-hydrogen) atoms. The Hall–Kier alpha value is -0.630. The van der Waals surface area contributed by atoms with Gasteiger partial charge in [0.1, 0.15) is 5.75 Å². The van der Waals surface area contributed by atoms with E-state index < -0.39 is 0 Å². The Labute approximate surface area is 115 Å². The highest BCUT2D eigenvalue weighted by Crippen LogP contribution is 2.50. The van der Waals surface area contributed by atoms with E-state index in [0.29, 0.717) is 5.75 Å². The van der Waals surface area contributed by atoms with E-state index in [2.05, 4.69) is 27.7 Å². The van der Waals surface area contributed by atoms with Crippen molar-refractivity contribution in [3.05, 3.63) is 22.3 Å². The molecule has 100 valence electrons. The summed E-state index contributed by atoms with van der Waals surface area (Å²) in [7, 11) is 0. The van der Waals surface area contributed by atoms with Crippen LogP contribution in [0.5, 0.6) is 5.75 Å². The lowest BCUT2D eigenvalue weighted by Crippen LogP contribution is -2.28. The van der Waals surface area contributed by atoms with E-state index in [9.17, 15) is 5.11 Å². The van der Waals surface area contributed by atoms with Gasteiger partial charge in [0, 0.05) is 4.90 Å². The fraction of sp³-hybridized carbons (Fsp3) is 0.625. The van der Waals surface area contributed by atoms with Gasteiger partial charge in [-0.1, -0.05) is 20.3 Å². The van der Waals surface area contributed by atoms with E-state index in [1.165, 1.54) is 41.0 Å². The molecule has 1 aliphatic rings. The number of aromatic hydroxyl groups is 1. The summed E-state index contributed by atoms with van der Waals surface area (Å²) in [5.74, 6) is 1.71. The smallest absolute Gasteiger partial charge is 0.122 e. The minimum absolute atomic E-state index is 0.245. The number of hydrogen-bond acceptors (Lipinski definition) is 2. The summed E-state index contributed by atoms with van der Waals surface area (Å²) in [6.45, 7) is 10.9. The molecule has 0 bridgehead atoms. The number of benzene rings is 1. The van der Waals surface area contributed by atoms with E-state index in [4.69, 9.17) is 0 Å². The van der Waals surface area contributed by atoms with Gasteiger partial charge in [-0.2, -0.15) is 0 Å². The molecule has 2 rings (SSSR count). The Kier molecular flexibility index (Phi) is 3.68. The van der Waals surface area contributed by atoms with E-state index >= 15 is 0 Å². The van der Waals surface area contributed by atoms with Crippen LogP contribution in [0.1, 0.15) is 55.4 Å². The Morgan fingerprint density at radius 1 is 1.17 bits per heavy atom. The maximum atomic E-state index is 10.3. The normalized spacial score (nSPS) is 22.9. The average Bonchev–Trinajstić information content (AvgIpc) is 2.33. The molecule has 0 aliphatic carbocycles. The Bertz CT molecular complexity index is 479. The predicted octanol–water partition coefficient (Wildman–Crippen LogP) is 4.87. The number of phenolic OH excluding ortho intramolecular Hbond substituents is 1. The first kappa shape index (κ1) is 13.8. The highest BCUT2D eigenvalue weighted by atomic mass is 32.2. The zero-order chi connectivity index (χ0) is 13.5. The summed E-state index contributed by atoms with van der Waals surface area (Å²) in [6.07, 6.45) is 3.64. The number of fused-ring (bicyclic) bond motifs is 1. The summed E-state index contributed by atoms with van der Waals surface area (Å²) in [4.78, 5) is 1.44. The van der Waals surface area contributed by atoms with Crippen molar-refractivity contribution in [3.63, 3.8) is 0 Å². The van der Waals surface area contributed by atoms with Crippen molar-refractivity contribution in [2.75, 3.05) is 5.75 Å². The molecule has 1 unspecified atom stereocenters. The summed E-state index contributed by atoms with van der Waals surface area (Å²) in [6, 6.07) is 0. The van der Waals surface area contributed by atoms with Crippen LogP contribution in [0.2, 0.25) is 0 Å². The quantitative estimate of drug-likeness (QED) is 0.822. The Morgan fingerprint density at radius 2 is 1.83 bits per heavy atom. The van der Waals surface area contributed by atoms with Crippen LogP contribution in [0.4, 0.5) is 0 Å². The van der Waals surface area contributed by atoms with Crippen LogP contribution in [0.25, 0.3) is 0 Å². The molecule has 1 atom stereocenters.